The zero-order chi connectivity index (χ0) is 19.9. The van der Waals surface area contributed by atoms with Gasteiger partial charge in [-0.25, -0.2) is 9.98 Å². The molecule has 1 saturated heterocycles. The molecule has 3 heterocycles. The van der Waals surface area contributed by atoms with Crippen LogP contribution in [-0.2, 0) is 0 Å². The minimum atomic E-state index is -0.0320. The summed E-state index contributed by atoms with van der Waals surface area (Å²) in [6.45, 7) is 1.62. The first-order chi connectivity index (χ1) is 12.6. The molecule has 144 valence electrons. The van der Waals surface area contributed by atoms with E-state index in [2.05, 4.69) is 46.0 Å². The highest BCUT2D eigenvalue weighted by atomic mass is 15.4. The highest BCUT2D eigenvalue weighted by molar-refractivity contribution is 6.48. The van der Waals surface area contributed by atoms with Crippen molar-refractivity contribution in [2.45, 2.75) is 12.5 Å². The number of hydrogen-bond acceptors (Lipinski definition) is 9. The smallest absolute Gasteiger partial charge is 0.224 e. The molecule has 0 radical (unpaired) electrons. The van der Waals surface area contributed by atoms with Gasteiger partial charge in [0.15, 0.2) is 23.3 Å². The average Bonchev–Trinajstić information content (AvgIpc) is 3.02. The molecule has 0 amide bonds. The second kappa shape index (κ2) is 6.50. The molecule has 0 aliphatic carbocycles. The van der Waals surface area contributed by atoms with Gasteiger partial charge in [0.05, 0.1) is 39.1 Å². The van der Waals surface area contributed by atoms with Crippen molar-refractivity contribution >= 4 is 40.7 Å². The predicted molar refractivity (Wildman–Crippen MR) is 108 cm³/mol. The zero-order valence-electron chi connectivity index (χ0n) is 15.8. The molecule has 9 N–H and O–H groups in total. The summed E-state index contributed by atoms with van der Waals surface area (Å²) in [4.78, 5) is 18.7. The van der Waals surface area contributed by atoms with E-state index in [9.17, 15) is 0 Å². The Morgan fingerprint density at radius 2 is 1.78 bits per heavy atom. The van der Waals surface area contributed by atoms with Crippen molar-refractivity contribution in [2.75, 3.05) is 51.4 Å². The van der Waals surface area contributed by atoms with E-state index in [0.29, 0.717) is 11.9 Å². The van der Waals surface area contributed by atoms with Gasteiger partial charge in [0.1, 0.15) is 11.7 Å². The molecule has 11 heteroatoms. The van der Waals surface area contributed by atoms with E-state index in [1.165, 1.54) is 6.08 Å². The standard InChI is InChI=1S/C16H26N11/c1-27(2,3)8-4-5-26(7-8)15-10(18)6-9(17)14(25-15)22-11-12(19)23-16(21)24-13(11)20/h6,8,18H,4-5,7,17H2,1-3H3,(H6,19,20,21,23,24)/q+1/b18-10?,22-14-. The number of nitrogens with two attached hydrogens (primary N) is 4. The highest BCUT2D eigenvalue weighted by Crippen LogP contribution is 2.28. The van der Waals surface area contributed by atoms with Gasteiger partial charge in [-0.05, 0) is 6.08 Å². The van der Waals surface area contributed by atoms with Crippen molar-refractivity contribution in [3.63, 3.8) is 0 Å². The van der Waals surface area contributed by atoms with Crippen molar-refractivity contribution in [1.82, 2.24) is 14.9 Å². The lowest BCUT2D eigenvalue weighted by atomic mass is 10.2. The van der Waals surface area contributed by atoms with Gasteiger partial charge in [0.2, 0.25) is 5.95 Å². The van der Waals surface area contributed by atoms with E-state index in [4.69, 9.17) is 28.3 Å². The van der Waals surface area contributed by atoms with Crippen LogP contribution in [-0.4, -0.2) is 77.0 Å². The van der Waals surface area contributed by atoms with Crippen LogP contribution in [0.25, 0.3) is 0 Å². The summed E-state index contributed by atoms with van der Waals surface area (Å²) in [6, 6.07) is 0.459. The highest BCUT2D eigenvalue weighted by Gasteiger charge is 2.35. The van der Waals surface area contributed by atoms with Crippen molar-refractivity contribution in [2.24, 2.45) is 15.7 Å². The minimum absolute atomic E-state index is 0.0320. The molecule has 11 nitrogen and oxygen atoms in total. The molecule has 1 aromatic heterocycles. The zero-order valence-corrected chi connectivity index (χ0v) is 15.8. The number of quaternary nitrogens is 1. The normalized spacial score (nSPS) is 22.2. The first-order valence-electron chi connectivity index (χ1n) is 8.54. The summed E-state index contributed by atoms with van der Waals surface area (Å²) in [6.07, 6.45) is 2.55. The Morgan fingerprint density at radius 3 is 2.33 bits per heavy atom. The molecule has 1 atom stereocenters. The molecule has 2 aliphatic heterocycles. The Kier molecular flexibility index (Phi) is 4.47. The van der Waals surface area contributed by atoms with E-state index < -0.39 is 0 Å². The summed E-state index contributed by atoms with van der Waals surface area (Å²) in [5.74, 6) is 0.817. The maximum absolute atomic E-state index is 8.27. The van der Waals surface area contributed by atoms with Gasteiger partial charge in [0.25, 0.3) is 0 Å². The number of rotatable bonds is 2. The monoisotopic (exact) mass is 372 g/mol. The second-order valence-electron chi connectivity index (χ2n) is 7.59. The third kappa shape index (κ3) is 3.67. The van der Waals surface area contributed by atoms with E-state index in [-0.39, 0.29) is 40.5 Å². The summed E-state index contributed by atoms with van der Waals surface area (Å²) < 4.78 is 0.853. The van der Waals surface area contributed by atoms with Crippen LogP contribution in [0.1, 0.15) is 6.42 Å². The predicted octanol–water partition coefficient (Wildman–Crippen LogP) is -0.692. The number of amidine groups is 2. The van der Waals surface area contributed by atoms with Crippen LogP contribution >= 0.6 is 0 Å². The van der Waals surface area contributed by atoms with Gasteiger partial charge in [-0.1, -0.05) is 0 Å². The van der Waals surface area contributed by atoms with E-state index in [1.54, 1.807) is 0 Å². The van der Waals surface area contributed by atoms with Crippen LogP contribution in [0.5, 0.6) is 0 Å². The van der Waals surface area contributed by atoms with Gasteiger partial charge in [0, 0.05) is 13.0 Å². The fraction of sp³-hybridized carbons (Fsp3) is 0.438. The molecule has 0 saturated carbocycles. The quantitative estimate of drug-likeness (QED) is 0.425. The topological polar surface area (TPSA) is 182 Å². The first-order valence-corrected chi connectivity index (χ1v) is 8.54. The molecule has 3 rings (SSSR count). The van der Waals surface area contributed by atoms with Gasteiger partial charge < -0.3 is 32.3 Å². The second-order valence-corrected chi connectivity index (χ2v) is 7.59. The number of hydrogen-bond donors (Lipinski definition) is 5. The maximum atomic E-state index is 8.27. The lowest BCUT2D eigenvalue weighted by molar-refractivity contribution is -0.893. The molecule has 1 aromatic rings. The van der Waals surface area contributed by atoms with Gasteiger partial charge >= 0.3 is 0 Å². The summed E-state index contributed by atoms with van der Waals surface area (Å²) in [5.41, 5.74) is 23.9. The third-order valence-electron chi connectivity index (χ3n) is 4.74. The number of nitrogens with one attached hydrogen (secondary N) is 1. The Bertz CT molecular complexity index is 852. The SMILES string of the molecule is C[N+](C)(C)C1CCN(C2=N/C(=N\c3c(N)nc(N)nc3N)C(N)=CC2=N)C1. The number of nitrogens with zero attached hydrogens (tertiary/aromatic N) is 6. The number of aromatic nitrogens is 2. The van der Waals surface area contributed by atoms with Crippen molar-refractivity contribution in [1.29, 1.82) is 5.41 Å². The number of likely N-dealkylation sites (tertiary alicyclic amines) is 1. The molecular formula is C16H26N11+. The summed E-state index contributed by atoms with van der Waals surface area (Å²) >= 11 is 0. The Balaban J connectivity index is 1.95. The van der Waals surface area contributed by atoms with Crippen LogP contribution in [0.3, 0.4) is 0 Å². The summed E-state index contributed by atoms with van der Waals surface area (Å²) in [5, 5.41) is 8.27. The lowest BCUT2D eigenvalue weighted by Gasteiger charge is -2.31. The number of anilines is 3. The Labute approximate surface area is 157 Å². The average molecular weight is 372 g/mol. The number of dihydropyridines is 1. The van der Waals surface area contributed by atoms with Gasteiger partial charge in [-0.15, -0.1) is 0 Å². The molecule has 2 aliphatic rings. The van der Waals surface area contributed by atoms with Crippen molar-refractivity contribution in [3.05, 3.63) is 11.8 Å². The van der Waals surface area contributed by atoms with E-state index >= 15 is 0 Å². The minimum Gasteiger partial charge on any atom is -0.396 e. The van der Waals surface area contributed by atoms with E-state index in [0.717, 1.165) is 24.0 Å². The van der Waals surface area contributed by atoms with Crippen LogP contribution < -0.4 is 22.9 Å². The Morgan fingerprint density at radius 1 is 1.15 bits per heavy atom. The fourth-order valence-electron chi connectivity index (χ4n) is 3.14. The number of nitrogen functional groups attached to an aromatic ring is 3. The molecule has 0 aromatic carbocycles. The van der Waals surface area contributed by atoms with Gasteiger partial charge in [-0.2, -0.15) is 9.97 Å². The maximum Gasteiger partial charge on any atom is 0.224 e. The first kappa shape index (κ1) is 18.6. The Hall–Kier alpha value is -3.21. The molecule has 1 unspecified atom stereocenters. The molecule has 1 fully saturated rings. The molecule has 0 bridgehead atoms. The lowest BCUT2D eigenvalue weighted by Crippen LogP contribution is -2.47. The van der Waals surface area contributed by atoms with Crippen LogP contribution in [0.15, 0.2) is 21.8 Å². The van der Waals surface area contributed by atoms with E-state index in [1.807, 2.05) is 0 Å². The molecular weight excluding hydrogens is 346 g/mol. The van der Waals surface area contributed by atoms with Crippen LogP contribution in [0.2, 0.25) is 0 Å². The largest absolute Gasteiger partial charge is 0.396 e. The van der Waals surface area contributed by atoms with Crippen molar-refractivity contribution < 1.29 is 4.48 Å². The number of aliphatic imine (C=N–C) groups is 2. The molecule has 0 spiro atoms. The number of likely N-dealkylation sites (N-methyl/N-ethyl adjacent to an activating group) is 1. The van der Waals surface area contributed by atoms with Crippen LogP contribution in [0, 0.1) is 5.41 Å². The molecule has 27 heavy (non-hydrogen) atoms. The van der Waals surface area contributed by atoms with Gasteiger partial charge in [-0.3, -0.25) is 5.41 Å². The fourth-order valence-corrected chi connectivity index (χ4v) is 3.14. The van der Waals surface area contributed by atoms with Crippen LogP contribution in [0.4, 0.5) is 23.3 Å². The van der Waals surface area contributed by atoms with Crippen molar-refractivity contribution in [3.8, 4) is 0 Å². The summed E-state index contributed by atoms with van der Waals surface area (Å²) in [7, 11) is 6.50. The third-order valence-corrected chi connectivity index (χ3v) is 4.74.